The fraction of sp³-hybridized carbons (Fsp3) is 0.167. The lowest BCUT2D eigenvalue weighted by Crippen LogP contribution is -1.95. The van der Waals surface area contributed by atoms with Crippen molar-refractivity contribution in [2.24, 2.45) is 5.73 Å². The minimum absolute atomic E-state index is 0.618. The van der Waals surface area contributed by atoms with Gasteiger partial charge in [-0.25, -0.2) is 0 Å². The predicted molar refractivity (Wildman–Crippen MR) is 68.2 cm³/mol. The molecule has 0 aliphatic rings. The van der Waals surface area contributed by atoms with Gasteiger partial charge in [-0.2, -0.15) is 0 Å². The van der Waals surface area contributed by atoms with Crippen LogP contribution >= 0.6 is 23.1 Å². The van der Waals surface area contributed by atoms with Gasteiger partial charge in [0.05, 0.1) is 0 Å². The monoisotopic (exact) mass is 235 g/mol. The maximum absolute atomic E-state index is 5.60. The van der Waals surface area contributed by atoms with E-state index in [1.165, 1.54) is 15.3 Å². The fourth-order valence-corrected chi connectivity index (χ4v) is 3.06. The van der Waals surface area contributed by atoms with Crippen molar-refractivity contribution in [3.63, 3.8) is 0 Å². The van der Waals surface area contributed by atoms with Crippen molar-refractivity contribution in [1.29, 1.82) is 0 Å². The molecule has 0 saturated carbocycles. The van der Waals surface area contributed by atoms with Crippen LogP contribution < -0.4 is 5.73 Å². The number of hydrogen-bond acceptors (Lipinski definition) is 3. The molecule has 0 fully saturated rings. The molecule has 0 spiro atoms. The normalized spacial score (nSPS) is 10.5. The number of nitrogens with two attached hydrogens (primary N) is 1. The molecule has 0 saturated heterocycles. The van der Waals surface area contributed by atoms with Crippen molar-refractivity contribution < 1.29 is 0 Å². The largest absolute Gasteiger partial charge is 0.326 e. The van der Waals surface area contributed by atoms with Gasteiger partial charge in [0, 0.05) is 22.1 Å². The molecule has 0 aliphatic heterocycles. The van der Waals surface area contributed by atoms with Gasteiger partial charge in [0.15, 0.2) is 0 Å². The van der Waals surface area contributed by atoms with Crippen molar-refractivity contribution in [3.05, 3.63) is 52.2 Å². The molecule has 1 nitrogen and oxygen atoms in total. The third-order valence-corrected chi connectivity index (χ3v) is 4.20. The summed E-state index contributed by atoms with van der Waals surface area (Å²) in [6, 6.07) is 12.7. The molecule has 0 unspecified atom stereocenters. The van der Waals surface area contributed by atoms with E-state index in [1.54, 1.807) is 11.3 Å². The number of hydrogen-bond donors (Lipinski definition) is 1. The molecule has 0 bridgehead atoms. The summed E-state index contributed by atoms with van der Waals surface area (Å²) in [5.74, 6) is 1.05. The highest BCUT2D eigenvalue weighted by molar-refractivity contribution is 7.98. The average Bonchev–Trinajstić information content (AvgIpc) is 2.79. The summed E-state index contributed by atoms with van der Waals surface area (Å²) in [6.45, 7) is 0.618. The lowest BCUT2D eigenvalue weighted by atomic mass is 10.2. The van der Waals surface area contributed by atoms with E-state index in [9.17, 15) is 0 Å². The Morgan fingerprint density at radius 2 is 2.13 bits per heavy atom. The second-order valence-corrected chi connectivity index (χ2v) is 5.30. The maximum Gasteiger partial charge on any atom is 0.0326 e. The first kappa shape index (κ1) is 10.7. The molecule has 0 aliphatic carbocycles. The van der Waals surface area contributed by atoms with Gasteiger partial charge in [0.1, 0.15) is 0 Å². The Balaban J connectivity index is 1.98. The molecule has 2 aromatic rings. The van der Waals surface area contributed by atoms with Gasteiger partial charge in [-0.3, -0.25) is 0 Å². The molecule has 2 rings (SSSR count). The summed E-state index contributed by atoms with van der Waals surface area (Å²) >= 11 is 3.67. The van der Waals surface area contributed by atoms with Crippen molar-refractivity contribution >= 4 is 23.1 Å². The van der Waals surface area contributed by atoms with E-state index in [0.29, 0.717) is 6.54 Å². The van der Waals surface area contributed by atoms with Crippen molar-refractivity contribution in [2.45, 2.75) is 17.2 Å². The van der Waals surface area contributed by atoms with Crippen LogP contribution in [-0.2, 0) is 12.3 Å². The van der Waals surface area contributed by atoms with Crippen LogP contribution in [-0.4, -0.2) is 0 Å². The van der Waals surface area contributed by atoms with Crippen LogP contribution in [0.25, 0.3) is 0 Å². The lowest BCUT2D eigenvalue weighted by molar-refractivity contribution is 1.06. The van der Waals surface area contributed by atoms with Crippen LogP contribution in [0.1, 0.15) is 10.4 Å². The summed E-state index contributed by atoms with van der Waals surface area (Å²) in [7, 11) is 0. The molecule has 3 heteroatoms. The van der Waals surface area contributed by atoms with Crippen LogP contribution in [0.5, 0.6) is 0 Å². The van der Waals surface area contributed by atoms with E-state index >= 15 is 0 Å². The molecule has 0 amide bonds. The maximum atomic E-state index is 5.60. The standard InChI is InChI=1S/C12H13NS2/c13-8-10-3-1-4-11(7-10)15-9-12-5-2-6-14-12/h1-7H,8-9,13H2. The van der Waals surface area contributed by atoms with Crippen molar-refractivity contribution in [3.8, 4) is 0 Å². The topological polar surface area (TPSA) is 26.0 Å². The van der Waals surface area contributed by atoms with Gasteiger partial charge < -0.3 is 5.73 Å². The van der Waals surface area contributed by atoms with Crippen LogP contribution in [0, 0.1) is 0 Å². The molecule has 78 valence electrons. The van der Waals surface area contributed by atoms with Gasteiger partial charge in [-0.15, -0.1) is 23.1 Å². The first-order valence-electron chi connectivity index (χ1n) is 4.82. The number of thioether (sulfide) groups is 1. The zero-order chi connectivity index (χ0) is 10.5. The Kier molecular flexibility index (Phi) is 3.83. The van der Waals surface area contributed by atoms with Gasteiger partial charge in [0.2, 0.25) is 0 Å². The Labute approximate surface area is 98.3 Å². The van der Waals surface area contributed by atoms with Crippen molar-refractivity contribution in [1.82, 2.24) is 0 Å². The summed E-state index contributed by atoms with van der Waals surface area (Å²) < 4.78 is 0. The van der Waals surface area contributed by atoms with Crippen LogP contribution in [0.4, 0.5) is 0 Å². The zero-order valence-corrected chi connectivity index (χ0v) is 9.98. The summed E-state index contributed by atoms with van der Waals surface area (Å²) in [4.78, 5) is 2.71. The molecule has 1 aromatic carbocycles. The van der Waals surface area contributed by atoms with Crippen LogP contribution in [0.15, 0.2) is 46.7 Å². The highest BCUT2D eigenvalue weighted by Crippen LogP contribution is 2.25. The zero-order valence-electron chi connectivity index (χ0n) is 8.35. The third kappa shape index (κ3) is 3.09. The van der Waals surface area contributed by atoms with Gasteiger partial charge in [0.25, 0.3) is 0 Å². The third-order valence-electron chi connectivity index (χ3n) is 2.10. The second kappa shape index (κ2) is 5.35. The SMILES string of the molecule is NCc1cccc(SCc2cccs2)c1. The smallest absolute Gasteiger partial charge is 0.0326 e. The molecule has 2 N–H and O–H groups in total. The minimum atomic E-state index is 0.618. The first-order valence-corrected chi connectivity index (χ1v) is 6.69. The first-order chi connectivity index (χ1) is 7.38. The Morgan fingerprint density at radius 1 is 1.20 bits per heavy atom. The van der Waals surface area contributed by atoms with E-state index in [2.05, 4.69) is 41.8 Å². The Bertz CT molecular complexity index is 409. The van der Waals surface area contributed by atoms with Gasteiger partial charge >= 0.3 is 0 Å². The van der Waals surface area contributed by atoms with Gasteiger partial charge in [-0.05, 0) is 29.1 Å². The van der Waals surface area contributed by atoms with E-state index in [4.69, 9.17) is 5.73 Å². The van der Waals surface area contributed by atoms with E-state index in [-0.39, 0.29) is 0 Å². The summed E-state index contributed by atoms with van der Waals surface area (Å²) in [5, 5.41) is 2.12. The molecular formula is C12H13NS2. The Hall–Kier alpha value is -0.770. The highest BCUT2D eigenvalue weighted by Gasteiger charge is 1.98. The molecule has 1 heterocycles. The summed E-state index contributed by atoms with van der Waals surface area (Å²) in [6.07, 6.45) is 0. The number of thiophene rings is 1. The van der Waals surface area contributed by atoms with E-state index in [1.807, 2.05) is 11.8 Å². The Morgan fingerprint density at radius 3 is 2.87 bits per heavy atom. The van der Waals surface area contributed by atoms with Crippen molar-refractivity contribution in [2.75, 3.05) is 0 Å². The predicted octanol–water partition coefficient (Wildman–Crippen LogP) is 3.50. The molecule has 0 radical (unpaired) electrons. The quantitative estimate of drug-likeness (QED) is 0.821. The molecule has 1 aromatic heterocycles. The van der Waals surface area contributed by atoms with Crippen LogP contribution in [0.2, 0.25) is 0 Å². The number of rotatable bonds is 4. The van der Waals surface area contributed by atoms with Crippen LogP contribution in [0.3, 0.4) is 0 Å². The summed E-state index contributed by atoms with van der Waals surface area (Å²) in [5.41, 5.74) is 6.80. The highest BCUT2D eigenvalue weighted by atomic mass is 32.2. The number of benzene rings is 1. The average molecular weight is 235 g/mol. The second-order valence-electron chi connectivity index (χ2n) is 3.22. The van der Waals surface area contributed by atoms with E-state index in [0.717, 1.165) is 5.75 Å². The van der Waals surface area contributed by atoms with Gasteiger partial charge in [-0.1, -0.05) is 18.2 Å². The van der Waals surface area contributed by atoms with E-state index < -0.39 is 0 Å². The molecule has 0 atom stereocenters. The fourth-order valence-electron chi connectivity index (χ4n) is 1.31. The minimum Gasteiger partial charge on any atom is -0.326 e. The lowest BCUT2D eigenvalue weighted by Gasteiger charge is -2.02. The molecule has 15 heavy (non-hydrogen) atoms. The molecular weight excluding hydrogens is 222 g/mol.